The van der Waals surface area contributed by atoms with Gasteiger partial charge in [-0.25, -0.2) is 0 Å². The molecule has 0 aromatic carbocycles. The monoisotopic (exact) mass is 253 g/mol. The van der Waals surface area contributed by atoms with E-state index in [4.69, 9.17) is 0 Å². The fourth-order valence-electron chi connectivity index (χ4n) is 4.06. The van der Waals surface area contributed by atoms with Gasteiger partial charge < -0.3 is 5.32 Å². The Morgan fingerprint density at radius 3 is 2.17 bits per heavy atom. The summed E-state index contributed by atoms with van der Waals surface area (Å²) in [4.78, 5) is 5.26. The van der Waals surface area contributed by atoms with E-state index in [0.29, 0.717) is 23.5 Å². The third-order valence-electron chi connectivity index (χ3n) is 5.48. The summed E-state index contributed by atoms with van der Waals surface area (Å²) in [5.74, 6) is 0. The highest BCUT2D eigenvalue weighted by Gasteiger charge is 2.45. The summed E-state index contributed by atoms with van der Waals surface area (Å²) in [6.45, 7) is 12.0. The molecule has 2 aliphatic rings. The average molecular weight is 253 g/mol. The highest BCUT2D eigenvalue weighted by atomic mass is 15.3. The number of rotatable bonds is 2. The van der Waals surface area contributed by atoms with Crippen molar-refractivity contribution >= 4 is 0 Å². The minimum absolute atomic E-state index is 0.440. The molecule has 1 saturated carbocycles. The van der Waals surface area contributed by atoms with Crippen molar-refractivity contribution in [2.75, 3.05) is 27.2 Å². The van der Waals surface area contributed by atoms with Crippen LogP contribution in [0.3, 0.4) is 0 Å². The lowest BCUT2D eigenvalue weighted by Crippen LogP contribution is -2.61. The number of hydrogen-bond donors (Lipinski definition) is 1. The van der Waals surface area contributed by atoms with Crippen molar-refractivity contribution in [1.29, 1.82) is 0 Å². The molecular formula is C15H31N3. The minimum atomic E-state index is 0.440. The number of piperazine rings is 1. The Labute approximate surface area is 113 Å². The molecule has 3 heteroatoms. The smallest absolute Gasteiger partial charge is 0.0271 e. The molecule has 0 spiro atoms. The minimum Gasteiger partial charge on any atom is -0.315 e. The van der Waals surface area contributed by atoms with Crippen LogP contribution in [0.15, 0.2) is 0 Å². The lowest BCUT2D eigenvalue weighted by molar-refractivity contribution is 0.0236. The van der Waals surface area contributed by atoms with Crippen molar-refractivity contribution in [3.63, 3.8) is 0 Å². The molecule has 1 aliphatic heterocycles. The van der Waals surface area contributed by atoms with Crippen LogP contribution in [0.2, 0.25) is 0 Å². The van der Waals surface area contributed by atoms with Crippen molar-refractivity contribution in [2.24, 2.45) is 5.41 Å². The van der Waals surface area contributed by atoms with E-state index in [-0.39, 0.29) is 0 Å². The SMILES string of the molecule is CNC1C(N2CC(C)N(C)C(C)C2)CCC1(C)C. The van der Waals surface area contributed by atoms with Gasteiger partial charge in [-0.1, -0.05) is 13.8 Å². The van der Waals surface area contributed by atoms with Gasteiger partial charge in [-0.2, -0.15) is 0 Å². The lowest BCUT2D eigenvalue weighted by Gasteiger charge is -2.47. The van der Waals surface area contributed by atoms with Gasteiger partial charge in [0.25, 0.3) is 0 Å². The fraction of sp³-hybridized carbons (Fsp3) is 1.00. The molecule has 0 radical (unpaired) electrons. The Kier molecular flexibility index (Phi) is 4.05. The van der Waals surface area contributed by atoms with Crippen LogP contribution in [0.1, 0.15) is 40.5 Å². The Balaban J connectivity index is 2.08. The molecule has 18 heavy (non-hydrogen) atoms. The second kappa shape index (κ2) is 5.10. The van der Waals surface area contributed by atoms with Crippen LogP contribution in [0.5, 0.6) is 0 Å². The zero-order valence-corrected chi connectivity index (χ0v) is 13.0. The zero-order chi connectivity index (χ0) is 13.5. The van der Waals surface area contributed by atoms with Crippen LogP contribution in [0, 0.1) is 5.41 Å². The van der Waals surface area contributed by atoms with Crippen LogP contribution in [-0.4, -0.2) is 61.2 Å². The van der Waals surface area contributed by atoms with Crippen LogP contribution < -0.4 is 5.32 Å². The van der Waals surface area contributed by atoms with E-state index in [1.807, 2.05) is 0 Å². The molecule has 2 fully saturated rings. The van der Waals surface area contributed by atoms with Gasteiger partial charge in [-0.15, -0.1) is 0 Å². The Bertz CT molecular complexity index is 277. The van der Waals surface area contributed by atoms with Gasteiger partial charge >= 0.3 is 0 Å². The quantitative estimate of drug-likeness (QED) is 0.809. The maximum atomic E-state index is 3.59. The standard InChI is InChI=1S/C15H31N3/c1-11-9-18(10-12(2)17(11)6)13-7-8-15(3,4)14(13)16-5/h11-14,16H,7-10H2,1-6H3. The molecule has 1 aliphatic carbocycles. The highest BCUT2D eigenvalue weighted by molar-refractivity contribution is 5.02. The van der Waals surface area contributed by atoms with Crippen molar-refractivity contribution in [1.82, 2.24) is 15.1 Å². The first kappa shape index (κ1) is 14.3. The van der Waals surface area contributed by atoms with Gasteiger partial charge in [0.15, 0.2) is 0 Å². The maximum absolute atomic E-state index is 3.59. The highest BCUT2D eigenvalue weighted by Crippen LogP contribution is 2.40. The largest absolute Gasteiger partial charge is 0.315 e. The van der Waals surface area contributed by atoms with Crippen molar-refractivity contribution in [2.45, 2.75) is 64.7 Å². The van der Waals surface area contributed by atoms with E-state index in [9.17, 15) is 0 Å². The summed E-state index contributed by atoms with van der Waals surface area (Å²) in [5, 5.41) is 3.59. The van der Waals surface area contributed by atoms with Gasteiger partial charge in [0.2, 0.25) is 0 Å². The maximum Gasteiger partial charge on any atom is 0.0271 e. The number of nitrogens with zero attached hydrogens (tertiary/aromatic N) is 2. The molecule has 1 heterocycles. The normalized spacial score (nSPS) is 42.3. The Morgan fingerprint density at radius 1 is 1.11 bits per heavy atom. The van der Waals surface area contributed by atoms with Gasteiger partial charge in [-0.3, -0.25) is 9.80 Å². The van der Waals surface area contributed by atoms with Gasteiger partial charge in [0, 0.05) is 37.3 Å². The summed E-state index contributed by atoms with van der Waals surface area (Å²) < 4.78 is 0. The molecule has 0 amide bonds. The topological polar surface area (TPSA) is 18.5 Å². The first-order chi connectivity index (χ1) is 8.36. The molecule has 2 rings (SSSR count). The van der Waals surface area contributed by atoms with Crippen molar-refractivity contribution < 1.29 is 0 Å². The van der Waals surface area contributed by atoms with Crippen LogP contribution in [-0.2, 0) is 0 Å². The molecule has 1 saturated heterocycles. The second-order valence-electron chi connectivity index (χ2n) is 7.18. The Morgan fingerprint density at radius 2 is 1.67 bits per heavy atom. The van der Waals surface area contributed by atoms with Crippen LogP contribution >= 0.6 is 0 Å². The van der Waals surface area contributed by atoms with Crippen LogP contribution in [0.4, 0.5) is 0 Å². The fourth-order valence-corrected chi connectivity index (χ4v) is 4.06. The summed E-state index contributed by atoms with van der Waals surface area (Å²) in [6, 6.07) is 2.72. The average Bonchev–Trinajstić information content (AvgIpc) is 2.60. The molecule has 0 aromatic heterocycles. The van der Waals surface area contributed by atoms with Gasteiger partial charge in [0.1, 0.15) is 0 Å². The first-order valence-electron chi connectivity index (χ1n) is 7.50. The summed E-state index contributed by atoms with van der Waals surface area (Å²) in [5.41, 5.74) is 0.440. The summed E-state index contributed by atoms with van der Waals surface area (Å²) in [6.07, 6.45) is 2.69. The number of hydrogen-bond acceptors (Lipinski definition) is 3. The van der Waals surface area contributed by atoms with E-state index in [2.05, 4.69) is 56.9 Å². The Hall–Kier alpha value is -0.120. The summed E-state index contributed by atoms with van der Waals surface area (Å²) >= 11 is 0. The molecule has 1 N–H and O–H groups in total. The van der Waals surface area contributed by atoms with E-state index in [1.165, 1.54) is 25.9 Å². The van der Waals surface area contributed by atoms with Gasteiger partial charge in [-0.05, 0) is 46.2 Å². The van der Waals surface area contributed by atoms with Crippen molar-refractivity contribution in [3.8, 4) is 0 Å². The molecule has 3 nitrogen and oxygen atoms in total. The molecule has 106 valence electrons. The summed E-state index contributed by atoms with van der Waals surface area (Å²) in [7, 11) is 4.40. The predicted molar refractivity (Wildman–Crippen MR) is 77.9 cm³/mol. The molecule has 0 bridgehead atoms. The van der Waals surface area contributed by atoms with Crippen LogP contribution in [0.25, 0.3) is 0 Å². The van der Waals surface area contributed by atoms with E-state index < -0.39 is 0 Å². The molecule has 4 unspecified atom stereocenters. The third kappa shape index (κ3) is 2.45. The molecular weight excluding hydrogens is 222 g/mol. The van der Waals surface area contributed by atoms with E-state index in [1.54, 1.807) is 0 Å². The number of nitrogens with one attached hydrogen (secondary N) is 1. The molecule has 0 aromatic rings. The molecule has 4 atom stereocenters. The third-order valence-corrected chi connectivity index (χ3v) is 5.48. The van der Waals surface area contributed by atoms with E-state index in [0.717, 1.165) is 6.04 Å². The lowest BCUT2D eigenvalue weighted by atomic mass is 9.86. The first-order valence-corrected chi connectivity index (χ1v) is 7.50. The zero-order valence-electron chi connectivity index (χ0n) is 13.0. The second-order valence-corrected chi connectivity index (χ2v) is 7.18. The van der Waals surface area contributed by atoms with E-state index >= 15 is 0 Å². The van der Waals surface area contributed by atoms with Gasteiger partial charge in [0.05, 0.1) is 0 Å². The number of likely N-dealkylation sites (N-methyl/N-ethyl adjacent to an activating group) is 2. The predicted octanol–water partition coefficient (Wildman–Crippen LogP) is 1.79. The van der Waals surface area contributed by atoms with Crippen molar-refractivity contribution in [3.05, 3.63) is 0 Å².